The monoisotopic (exact) mass is 418 g/mol. The molecule has 0 saturated carbocycles. The van der Waals surface area contributed by atoms with E-state index in [1.165, 1.54) is 24.3 Å². The number of hydrogen-bond acceptors (Lipinski definition) is 3. The van der Waals surface area contributed by atoms with Crippen LogP contribution in [0.3, 0.4) is 0 Å². The predicted molar refractivity (Wildman–Crippen MR) is 117 cm³/mol. The minimum Gasteiger partial charge on any atom is -0.387 e. The number of anilines is 2. The van der Waals surface area contributed by atoms with Crippen molar-refractivity contribution >= 4 is 23.2 Å². The van der Waals surface area contributed by atoms with Gasteiger partial charge in [0.2, 0.25) is 0 Å². The van der Waals surface area contributed by atoms with Gasteiger partial charge in [0, 0.05) is 23.0 Å². The molecule has 0 saturated heterocycles. The summed E-state index contributed by atoms with van der Waals surface area (Å²) in [7, 11) is 0. The highest BCUT2D eigenvalue weighted by molar-refractivity contribution is 6.07. The molecular formula is C25H23FN2O3. The van der Waals surface area contributed by atoms with Crippen molar-refractivity contribution in [2.24, 2.45) is 0 Å². The first kappa shape index (κ1) is 20.8. The largest absolute Gasteiger partial charge is 0.387 e. The second-order valence-electron chi connectivity index (χ2n) is 7.60. The SMILES string of the molecule is C[C@@H]1C[C@H](N(C(=O)CO)c2ccccc2)c2ccccc2N1C(=O)c1ccc(F)cc1. The van der Waals surface area contributed by atoms with Gasteiger partial charge in [-0.2, -0.15) is 0 Å². The van der Waals surface area contributed by atoms with Crippen LogP contribution in [0.1, 0.15) is 35.3 Å². The number of amides is 2. The molecule has 0 bridgehead atoms. The highest BCUT2D eigenvalue weighted by Gasteiger charge is 2.38. The van der Waals surface area contributed by atoms with Gasteiger partial charge in [-0.05, 0) is 61.4 Å². The van der Waals surface area contributed by atoms with Gasteiger partial charge >= 0.3 is 0 Å². The molecule has 0 radical (unpaired) electrons. The van der Waals surface area contributed by atoms with Crippen LogP contribution in [0.25, 0.3) is 0 Å². The number of nitrogens with zero attached hydrogens (tertiary/aromatic N) is 2. The Kier molecular flexibility index (Phi) is 5.82. The van der Waals surface area contributed by atoms with Gasteiger partial charge in [0.05, 0.1) is 6.04 Å². The Morgan fingerprint density at radius 2 is 1.65 bits per heavy atom. The molecule has 3 aromatic carbocycles. The quantitative estimate of drug-likeness (QED) is 0.686. The van der Waals surface area contributed by atoms with Crippen molar-refractivity contribution in [3.05, 3.63) is 95.8 Å². The van der Waals surface area contributed by atoms with Crippen LogP contribution in [-0.2, 0) is 4.79 Å². The van der Waals surface area contributed by atoms with Gasteiger partial charge in [-0.3, -0.25) is 9.59 Å². The summed E-state index contributed by atoms with van der Waals surface area (Å²) >= 11 is 0. The molecule has 1 heterocycles. The van der Waals surface area contributed by atoms with Crippen LogP contribution < -0.4 is 9.80 Å². The molecule has 0 unspecified atom stereocenters. The number of aliphatic hydroxyl groups excluding tert-OH is 1. The third-order valence-corrected chi connectivity index (χ3v) is 5.62. The minimum atomic E-state index is -0.611. The lowest BCUT2D eigenvalue weighted by molar-refractivity contribution is -0.121. The molecule has 1 aliphatic heterocycles. The number of para-hydroxylation sites is 2. The Bertz CT molecular complexity index is 1090. The average Bonchev–Trinajstić information content (AvgIpc) is 2.80. The summed E-state index contributed by atoms with van der Waals surface area (Å²) in [5.74, 6) is -1.03. The van der Waals surface area contributed by atoms with E-state index in [2.05, 4.69) is 0 Å². The lowest BCUT2D eigenvalue weighted by atomic mass is 9.89. The number of hydrogen-bond donors (Lipinski definition) is 1. The van der Waals surface area contributed by atoms with E-state index in [0.29, 0.717) is 23.4 Å². The van der Waals surface area contributed by atoms with E-state index in [-0.39, 0.29) is 18.0 Å². The second-order valence-corrected chi connectivity index (χ2v) is 7.60. The smallest absolute Gasteiger partial charge is 0.258 e. The molecular weight excluding hydrogens is 395 g/mol. The number of halogens is 1. The topological polar surface area (TPSA) is 60.9 Å². The summed E-state index contributed by atoms with van der Waals surface area (Å²) in [6.07, 6.45) is 0.491. The molecule has 31 heavy (non-hydrogen) atoms. The molecule has 5 nitrogen and oxygen atoms in total. The van der Waals surface area contributed by atoms with Crippen molar-refractivity contribution in [2.45, 2.75) is 25.4 Å². The van der Waals surface area contributed by atoms with Gasteiger partial charge in [0.25, 0.3) is 11.8 Å². The first-order chi connectivity index (χ1) is 15.0. The van der Waals surface area contributed by atoms with Crippen LogP contribution in [0, 0.1) is 5.82 Å². The second kappa shape index (κ2) is 8.70. The Balaban J connectivity index is 1.78. The van der Waals surface area contributed by atoms with E-state index in [0.717, 1.165) is 5.56 Å². The van der Waals surface area contributed by atoms with Gasteiger partial charge in [-0.15, -0.1) is 0 Å². The molecule has 4 rings (SSSR count). The van der Waals surface area contributed by atoms with Crippen molar-refractivity contribution < 1.29 is 19.1 Å². The van der Waals surface area contributed by atoms with E-state index in [4.69, 9.17) is 0 Å². The zero-order valence-electron chi connectivity index (χ0n) is 17.1. The first-order valence-corrected chi connectivity index (χ1v) is 10.2. The molecule has 158 valence electrons. The van der Waals surface area contributed by atoms with Crippen LogP contribution >= 0.6 is 0 Å². The van der Waals surface area contributed by atoms with Gasteiger partial charge < -0.3 is 14.9 Å². The van der Waals surface area contributed by atoms with Crippen LogP contribution in [0.2, 0.25) is 0 Å². The lowest BCUT2D eigenvalue weighted by Gasteiger charge is -2.43. The van der Waals surface area contributed by atoms with E-state index in [9.17, 15) is 19.1 Å². The van der Waals surface area contributed by atoms with Crippen LogP contribution in [0.5, 0.6) is 0 Å². The summed E-state index contributed by atoms with van der Waals surface area (Å²) < 4.78 is 13.3. The standard InChI is InChI=1S/C25H23FN2O3/c1-17-15-23(28(24(30)16-29)20-7-3-2-4-8-20)21-9-5-6-10-22(21)27(17)25(31)18-11-13-19(26)14-12-18/h2-14,17,23,29H,15-16H2,1H3/t17-,23+/m1/s1. The number of rotatable bonds is 4. The first-order valence-electron chi connectivity index (χ1n) is 10.2. The van der Waals surface area contributed by atoms with E-state index in [1.54, 1.807) is 9.80 Å². The zero-order valence-corrected chi connectivity index (χ0v) is 17.1. The maximum absolute atomic E-state index is 13.3. The van der Waals surface area contributed by atoms with E-state index >= 15 is 0 Å². The van der Waals surface area contributed by atoms with E-state index < -0.39 is 18.3 Å². The fraction of sp³-hybridized carbons (Fsp3) is 0.200. The van der Waals surface area contributed by atoms with E-state index in [1.807, 2.05) is 61.5 Å². The van der Waals surface area contributed by atoms with Gasteiger partial charge in [-0.25, -0.2) is 4.39 Å². The van der Waals surface area contributed by atoms with Crippen molar-refractivity contribution in [1.82, 2.24) is 0 Å². The third kappa shape index (κ3) is 3.94. The predicted octanol–water partition coefficient (Wildman–Crippen LogP) is 4.33. The maximum Gasteiger partial charge on any atom is 0.258 e. The fourth-order valence-electron chi connectivity index (χ4n) is 4.23. The summed E-state index contributed by atoms with van der Waals surface area (Å²) in [4.78, 5) is 29.4. The fourth-order valence-corrected chi connectivity index (χ4v) is 4.23. The summed E-state index contributed by atoms with van der Waals surface area (Å²) in [5, 5.41) is 9.64. The number of carbonyl (C=O) groups excluding carboxylic acids is 2. The normalized spacial score (nSPS) is 17.7. The highest BCUT2D eigenvalue weighted by Crippen LogP contribution is 2.42. The molecule has 1 aliphatic rings. The van der Waals surface area contributed by atoms with Crippen molar-refractivity contribution in [3.63, 3.8) is 0 Å². The average molecular weight is 418 g/mol. The number of aliphatic hydroxyl groups is 1. The van der Waals surface area contributed by atoms with Crippen LogP contribution in [0.4, 0.5) is 15.8 Å². The minimum absolute atomic E-state index is 0.224. The Morgan fingerprint density at radius 1 is 1.00 bits per heavy atom. The summed E-state index contributed by atoms with van der Waals surface area (Å²) in [6, 6.07) is 21.6. The molecule has 2 atom stereocenters. The Hall–Kier alpha value is -3.51. The number of fused-ring (bicyclic) bond motifs is 1. The van der Waals surface area contributed by atoms with Crippen LogP contribution in [0.15, 0.2) is 78.9 Å². The van der Waals surface area contributed by atoms with Crippen molar-refractivity contribution in [2.75, 3.05) is 16.4 Å². The van der Waals surface area contributed by atoms with Gasteiger partial charge in [0.15, 0.2) is 0 Å². The Morgan fingerprint density at radius 3 is 2.32 bits per heavy atom. The summed E-state index contributed by atoms with van der Waals surface area (Å²) in [6.45, 7) is 1.32. The highest BCUT2D eigenvalue weighted by atomic mass is 19.1. The van der Waals surface area contributed by atoms with Gasteiger partial charge in [0.1, 0.15) is 12.4 Å². The molecule has 1 N–H and O–H groups in total. The number of benzene rings is 3. The summed E-state index contributed by atoms with van der Waals surface area (Å²) in [5.41, 5.74) is 2.61. The molecule has 0 spiro atoms. The molecule has 2 amide bonds. The molecule has 0 fully saturated rings. The van der Waals surface area contributed by atoms with Crippen molar-refractivity contribution in [1.29, 1.82) is 0 Å². The lowest BCUT2D eigenvalue weighted by Crippen LogP contribution is -2.48. The third-order valence-electron chi connectivity index (χ3n) is 5.62. The molecule has 0 aliphatic carbocycles. The Labute approximate surface area is 180 Å². The van der Waals surface area contributed by atoms with Gasteiger partial charge in [-0.1, -0.05) is 36.4 Å². The molecule has 0 aromatic heterocycles. The van der Waals surface area contributed by atoms with Crippen molar-refractivity contribution in [3.8, 4) is 0 Å². The molecule has 3 aromatic rings. The van der Waals surface area contributed by atoms with Crippen LogP contribution in [-0.4, -0.2) is 29.6 Å². The number of carbonyl (C=O) groups is 2. The molecule has 6 heteroatoms. The zero-order chi connectivity index (χ0) is 22.0. The maximum atomic E-state index is 13.3.